The highest BCUT2D eigenvalue weighted by molar-refractivity contribution is 14.1. The molecule has 0 saturated heterocycles. The summed E-state index contributed by atoms with van der Waals surface area (Å²) in [4.78, 5) is 11.8. The molecule has 2 nitrogen and oxygen atoms in total. The zero-order valence-corrected chi connectivity index (χ0v) is 16.4. The lowest BCUT2D eigenvalue weighted by atomic mass is 10.1. The summed E-state index contributed by atoms with van der Waals surface area (Å²) in [6.45, 7) is 0.588. The molecule has 0 heterocycles. The first-order chi connectivity index (χ1) is 10.8. The van der Waals surface area contributed by atoms with E-state index in [1.165, 1.54) is 0 Å². The SMILES string of the molecule is O=C(NCCCCCCC(I)CC(F)(F)F)c1ccc(Br)cc1. The Balaban J connectivity index is 2.05. The molecule has 7 heteroatoms. The van der Waals surface area contributed by atoms with Crippen molar-refractivity contribution < 1.29 is 18.0 Å². The fourth-order valence-electron chi connectivity index (χ4n) is 2.10. The van der Waals surface area contributed by atoms with E-state index in [0.717, 1.165) is 30.2 Å². The van der Waals surface area contributed by atoms with Gasteiger partial charge in [-0.05, 0) is 37.1 Å². The first-order valence-corrected chi connectivity index (χ1v) is 9.56. The molecule has 1 aromatic rings. The van der Waals surface area contributed by atoms with Crippen LogP contribution in [0.25, 0.3) is 0 Å². The number of amides is 1. The topological polar surface area (TPSA) is 29.1 Å². The summed E-state index contributed by atoms with van der Waals surface area (Å²) in [5, 5.41) is 2.84. The molecule has 1 amide bonds. The van der Waals surface area contributed by atoms with Crippen molar-refractivity contribution in [1.82, 2.24) is 5.32 Å². The van der Waals surface area contributed by atoms with E-state index in [0.29, 0.717) is 18.5 Å². The Morgan fingerprint density at radius 2 is 1.74 bits per heavy atom. The van der Waals surface area contributed by atoms with E-state index >= 15 is 0 Å². The van der Waals surface area contributed by atoms with Crippen LogP contribution in [0, 0.1) is 0 Å². The highest BCUT2D eigenvalue weighted by atomic mass is 127. The number of hydrogen-bond acceptors (Lipinski definition) is 1. The Bertz CT molecular complexity index is 479. The second-order valence-corrected chi connectivity index (χ2v) is 8.06. The van der Waals surface area contributed by atoms with Crippen molar-refractivity contribution in [2.45, 2.75) is 48.6 Å². The molecule has 23 heavy (non-hydrogen) atoms. The van der Waals surface area contributed by atoms with Gasteiger partial charge in [-0.25, -0.2) is 0 Å². The van der Waals surface area contributed by atoms with E-state index < -0.39 is 12.6 Å². The summed E-state index contributed by atoms with van der Waals surface area (Å²) in [5.74, 6) is -0.102. The van der Waals surface area contributed by atoms with E-state index in [1.54, 1.807) is 12.1 Å². The number of carbonyl (C=O) groups excluding carboxylic acids is 1. The van der Waals surface area contributed by atoms with Gasteiger partial charge in [0.1, 0.15) is 0 Å². The van der Waals surface area contributed by atoms with Gasteiger partial charge in [0.25, 0.3) is 5.91 Å². The second kappa shape index (κ2) is 10.5. The van der Waals surface area contributed by atoms with Gasteiger partial charge in [-0.2, -0.15) is 13.2 Å². The number of carbonyl (C=O) groups is 1. The molecule has 0 radical (unpaired) electrons. The maximum atomic E-state index is 12.2. The van der Waals surface area contributed by atoms with Crippen molar-refractivity contribution in [2.24, 2.45) is 0 Å². The molecular weight excluding hydrogens is 486 g/mol. The van der Waals surface area contributed by atoms with Crippen LogP contribution in [0.3, 0.4) is 0 Å². The van der Waals surface area contributed by atoms with Crippen molar-refractivity contribution in [3.05, 3.63) is 34.3 Å². The molecule has 130 valence electrons. The fourth-order valence-corrected chi connectivity index (χ4v) is 3.31. The van der Waals surface area contributed by atoms with Crippen molar-refractivity contribution in [3.8, 4) is 0 Å². The van der Waals surface area contributed by atoms with E-state index in [2.05, 4.69) is 21.2 Å². The van der Waals surface area contributed by atoms with E-state index in [9.17, 15) is 18.0 Å². The summed E-state index contributed by atoms with van der Waals surface area (Å²) in [6.07, 6.45) is -0.745. The smallest absolute Gasteiger partial charge is 0.352 e. The van der Waals surface area contributed by atoms with Crippen molar-refractivity contribution in [3.63, 3.8) is 0 Å². The van der Waals surface area contributed by atoms with Crippen LogP contribution < -0.4 is 5.32 Å². The van der Waals surface area contributed by atoms with Crippen LogP contribution in [0.2, 0.25) is 0 Å². The van der Waals surface area contributed by atoms with Crippen LogP contribution in [0.1, 0.15) is 48.9 Å². The van der Waals surface area contributed by atoms with E-state index in [4.69, 9.17) is 0 Å². The van der Waals surface area contributed by atoms with Crippen molar-refractivity contribution in [1.29, 1.82) is 0 Å². The molecule has 1 rings (SSSR count). The van der Waals surface area contributed by atoms with Gasteiger partial charge in [-0.15, -0.1) is 0 Å². The molecular formula is C16H20BrF3INO. The molecule has 1 N–H and O–H groups in total. The lowest BCUT2D eigenvalue weighted by Gasteiger charge is -2.12. The average Bonchev–Trinajstić information content (AvgIpc) is 2.45. The van der Waals surface area contributed by atoms with Gasteiger partial charge in [-0.3, -0.25) is 4.79 Å². The molecule has 0 bridgehead atoms. The number of alkyl halides is 4. The largest absolute Gasteiger partial charge is 0.390 e. The first-order valence-electron chi connectivity index (χ1n) is 7.52. The normalized spacial score (nSPS) is 12.9. The number of rotatable bonds is 9. The molecule has 1 aromatic carbocycles. The summed E-state index contributed by atoms with van der Waals surface area (Å²) in [6, 6.07) is 7.13. The molecule has 1 unspecified atom stereocenters. The number of benzene rings is 1. The molecule has 1 atom stereocenters. The van der Waals surface area contributed by atoms with Gasteiger partial charge in [0, 0.05) is 20.5 Å². The standard InChI is InChI=1S/C16H20BrF3INO/c17-13-8-6-12(7-9-13)15(23)22-10-4-2-1-3-5-14(21)11-16(18,19)20/h6-9,14H,1-5,10-11H2,(H,22,23). The lowest BCUT2D eigenvalue weighted by Crippen LogP contribution is -2.24. The third-order valence-corrected chi connectivity index (χ3v) is 4.88. The van der Waals surface area contributed by atoms with Crippen LogP contribution in [-0.4, -0.2) is 22.6 Å². The minimum absolute atomic E-state index is 0.102. The first kappa shape index (κ1) is 20.7. The predicted molar refractivity (Wildman–Crippen MR) is 98.0 cm³/mol. The predicted octanol–water partition coefficient (Wildman–Crippen LogP) is 5.89. The third kappa shape index (κ3) is 10.2. The summed E-state index contributed by atoms with van der Waals surface area (Å²) >= 11 is 5.19. The van der Waals surface area contributed by atoms with Gasteiger partial charge in [0.05, 0.1) is 6.42 Å². The Kier molecular flexibility index (Phi) is 9.50. The molecule has 0 aliphatic carbocycles. The Morgan fingerprint density at radius 3 is 2.35 bits per heavy atom. The van der Waals surface area contributed by atoms with Gasteiger partial charge in [-0.1, -0.05) is 57.8 Å². The maximum Gasteiger partial charge on any atom is 0.390 e. The molecule has 0 aliphatic heterocycles. The van der Waals surface area contributed by atoms with Crippen molar-refractivity contribution in [2.75, 3.05) is 6.54 Å². The van der Waals surface area contributed by atoms with Crippen LogP contribution >= 0.6 is 38.5 Å². The number of hydrogen-bond donors (Lipinski definition) is 1. The number of halogens is 5. The highest BCUT2D eigenvalue weighted by Gasteiger charge is 2.30. The van der Waals surface area contributed by atoms with Crippen LogP contribution in [0.5, 0.6) is 0 Å². The zero-order valence-electron chi connectivity index (χ0n) is 12.6. The quantitative estimate of drug-likeness (QED) is 0.253. The van der Waals surface area contributed by atoms with E-state index in [-0.39, 0.29) is 9.83 Å². The van der Waals surface area contributed by atoms with Crippen LogP contribution in [-0.2, 0) is 0 Å². The average molecular weight is 506 g/mol. The van der Waals surface area contributed by atoms with Gasteiger partial charge >= 0.3 is 6.18 Å². The minimum Gasteiger partial charge on any atom is -0.352 e. The minimum atomic E-state index is -4.07. The maximum absolute atomic E-state index is 12.2. The molecule has 0 aliphatic rings. The van der Waals surface area contributed by atoms with Gasteiger partial charge in [0.15, 0.2) is 0 Å². The van der Waals surface area contributed by atoms with Crippen molar-refractivity contribution >= 4 is 44.4 Å². The zero-order chi connectivity index (χ0) is 17.3. The molecule has 0 saturated carbocycles. The van der Waals surface area contributed by atoms with Crippen LogP contribution in [0.4, 0.5) is 13.2 Å². The van der Waals surface area contributed by atoms with Crippen LogP contribution in [0.15, 0.2) is 28.7 Å². The third-order valence-electron chi connectivity index (χ3n) is 3.29. The summed E-state index contributed by atoms with van der Waals surface area (Å²) in [7, 11) is 0. The van der Waals surface area contributed by atoms with Gasteiger partial charge < -0.3 is 5.32 Å². The Morgan fingerprint density at radius 1 is 1.13 bits per heavy atom. The Hall–Kier alpha value is -0.310. The summed E-state index contributed by atoms with van der Waals surface area (Å²) < 4.78 is 37.1. The molecule has 0 fully saturated rings. The number of nitrogens with one attached hydrogen (secondary N) is 1. The van der Waals surface area contributed by atoms with E-state index in [1.807, 2.05) is 34.7 Å². The Labute approximate surface area is 156 Å². The highest BCUT2D eigenvalue weighted by Crippen LogP contribution is 2.28. The second-order valence-electron chi connectivity index (χ2n) is 5.38. The fraction of sp³-hybridized carbons (Fsp3) is 0.562. The monoisotopic (exact) mass is 505 g/mol. The molecule has 0 spiro atoms. The van der Waals surface area contributed by atoms with Gasteiger partial charge in [0.2, 0.25) is 0 Å². The lowest BCUT2D eigenvalue weighted by molar-refractivity contribution is -0.133. The molecule has 0 aromatic heterocycles. The summed E-state index contributed by atoms with van der Waals surface area (Å²) in [5.41, 5.74) is 0.619. The number of unbranched alkanes of at least 4 members (excludes halogenated alkanes) is 3.